The number of primary sulfonamides is 1. The summed E-state index contributed by atoms with van der Waals surface area (Å²) in [6.07, 6.45) is 0. The second kappa shape index (κ2) is 8.62. The number of thiocarbonyl (C=S) groups is 1. The molecule has 4 N–H and O–H groups in total. The Kier molecular flexibility index (Phi) is 6.37. The summed E-state index contributed by atoms with van der Waals surface area (Å²) < 4.78 is 25.6. The number of hydrogen-bond acceptors (Lipinski definition) is 4. The van der Waals surface area contributed by atoms with Gasteiger partial charge in [0.25, 0.3) is 0 Å². The SMILES string of the molecule is Cc1nn(Cc2cccc(NC(=S)Nc3ccc(S(N)(=O)=O)cc3)c2)c(C)c1Br. The molecule has 0 radical (unpaired) electrons. The van der Waals surface area contributed by atoms with E-state index in [1.807, 2.05) is 42.8 Å². The zero-order valence-electron chi connectivity index (χ0n) is 15.8. The molecular formula is C19H20BrN5O2S2. The van der Waals surface area contributed by atoms with E-state index in [-0.39, 0.29) is 4.90 Å². The van der Waals surface area contributed by atoms with Crippen LogP contribution in [0, 0.1) is 13.8 Å². The van der Waals surface area contributed by atoms with Gasteiger partial charge in [-0.15, -0.1) is 0 Å². The first-order valence-electron chi connectivity index (χ1n) is 8.63. The van der Waals surface area contributed by atoms with E-state index in [4.69, 9.17) is 17.4 Å². The fraction of sp³-hybridized carbons (Fsp3) is 0.158. The van der Waals surface area contributed by atoms with Gasteiger partial charge in [0.15, 0.2) is 5.11 Å². The Morgan fingerprint density at radius 2 is 1.79 bits per heavy atom. The van der Waals surface area contributed by atoms with Crippen molar-refractivity contribution in [3.8, 4) is 0 Å². The van der Waals surface area contributed by atoms with Crippen molar-refractivity contribution in [1.82, 2.24) is 9.78 Å². The fourth-order valence-corrected chi connectivity index (χ4v) is 3.81. The van der Waals surface area contributed by atoms with E-state index in [0.717, 1.165) is 27.1 Å². The van der Waals surface area contributed by atoms with Crippen LogP contribution in [0.2, 0.25) is 0 Å². The summed E-state index contributed by atoms with van der Waals surface area (Å²) in [5, 5.41) is 16.2. The summed E-state index contributed by atoms with van der Waals surface area (Å²) in [6, 6.07) is 13.9. The molecule has 7 nitrogen and oxygen atoms in total. The van der Waals surface area contributed by atoms with Crippen LogP contribution in [-0.2, 0) is 16.6 Å². The fourth-order valence-electron chi connectivity index (χ4n) is 2.77. The first-order valence-corrected chi connectivity index (χ1v) is 11.4. The highest BCUT2D eigenvalue weighted by molar-refractivity contribution is 9.10. The van der Waals surface area contributed by atoms with Gasteiger partial charge in [0.05, 0.1) is 27.3 Å². The number of rotatable bonds is 5. The van der Waals surface area contributed by atoms with Crippen molar-refractivity contribution in [3.63, 3.8) is 0 Å². The zero-order valence-corrected chi connectivity index (χ0v) is 19.0. The summed E-state index contributed by atoms with van der Waals surface area (Å²) in [5.41, 5.74) is 4.59. The zero-order chi connectivity index (χ0) is 21.2. The first kappa shape index (κ1) is 21.4. The molecule has 0 aliphatic carbocycles. The Hall–Kier alpha value is -2.27. The number of nitrogens with one attached hydrogen (secondary N) is 2. The van der Waals surface area contributed by atoms with Gasteiger partial charge in [-0.2, -0.15) is 5.10 Å². The van der Waals surface area contributed by atoms with Gasteiger partial charge in [-0.05, 0) is 84.0 Å². The van der Waals surface area contributed by atoms with E-state index in [2.05, 4.69) is 31.7 Å². The predicted octanol–water partition coefficient (Wildman–Crippen LogP) is 3.77. The molecule has 2 aromatic carbocycles. The number of aromatic nitrogens is 2. The molecule has 152 valence electrons. The molecule has 0 saturated heterocycles. The normalized spacial score (nSPS) is 11.3. The smallest absolute Gasteiger partial charge is 0.238 e. The van der Waals surface area contributed by atoms with Gasteiger partial charge in [0.1, 0.15) is 0 Å². The van der Waals surface area contributed by atoms with Crippen LogP contribution in [0.5, 0.6) is 0 Å². The summed E-state index contributed by atoms with van der Waals surface area (Å²) in [5.74, 6) is 0. The van der Waals surface area contributed by atoms with Gasteiger partial charge in [-0.1, -0.05) is 12.1 Å². The molecule has 0 amide bonds. The number of benzene rings is 2. The first-order chi connectivity index (χ1) is 13.6. The Morgan fingerprint density at radius 1 is 1.14 bits per heavy atom. The van der Waals surface area contributed by atoms with E-state index in [0.29, 0.717) is 17.3 Å². The summed E-state index contributed by atoms with van der Waals surface area (Å²) in [7, 11) is -3.72. The summed E-state index contributed by atoms with van der Waals surface area (Å²) in [6.45, 7) is 4.63. The van der Waals surface area contributed by atoms with Crippen molar-refractivity contribution in [1.29, 1.82) is 0 Å². The lowest BCUT2D eigenvalue weighted by atomic mass is 10.2. The van der Waals surface area contributed by atoms with Crippen LogP contribution in [0.4, 0.5) is 11.4 Å². The topological polar surface area (TPSA) is 102 Å². The van der Waals surface area contributed by atoms with Gasteiger partial charge in [-0.25, -0.2) is 13.6 Å². The molecule has 0 bridgehead atoms. The van der Waals surface area contributed by atoms with Crippen LogP contribution in [0.3, 0.4) is 0 Å². The molecule has 1 aromatic heterocycles. The molecular weight excluding hydrogens is 474 g/mol. The third kappa shape index (κ3) is 5.41. The Balaban J connectivity index is 1.66. The largest absolute Gasteiger partial charge is 0.332 e. The molecule has 0 spiro atoms. The number of nitrogens with zero attached hydrogens (tertiary/aromatic N) is 2. The quantitative estimate of drug-likeness (QED) is 0.467. The lowest BCUT2D eigenvalue weighted by Crippen LogP contribution is -2.19. The predicted molar refractivity (Wildman–Crippen MR) is 123 cm³/mol. The maximum absolute atomic E-state index is 11.3. The van der Waals surface area contributed by atoms with E-state index in [1.54, 1.807) is 12.1 Å². The number of hydrogen-bond donors (Lipinski definition) is 3. The van der Waals surface area contributed by atoms with Crippen molar-refractivity contribution in [2.75, 3.05) is 10.6 Å². The van der Waals surface area contributed by atoms with Gasteiger partial charge >= 0.3 is 0 Å². The third-order valence-electron chi connectivity index (χ3n) is 4.25. The Morgan fingerprint density at radius 3 is 2.38 bits per heavy atom. The van der Waals surface area contributed by atoms with Crippen LogP contribution in [0.25, 0.3) is 0 Å². The molecule has 1 heterocycles. The highest BCUT2D eigenvalue weighted by Gasteiger charge is 2.10. The molecule has 0 fully saturated rings. The van der Waals surface area contributed by atoms with Crippen LogP contribution < -0.4 is 15.8 Å². The van der Waals surface area contributed by atoms with Crippen molar-refractivity contribution in [2.45, 2.75) is 25.3 Å². The molecule has 0 atom stereocenters. The Bertz CT molecular complexity index is 1160. The van der Waals surface area contributed by atoms with Crippen LogP contribution >= 0.6 is 28.1 Å². The maximum Gasteiger partial charge on any atom is 0.238 e. The van der Waals surface area contributed by atoms with E-state index in [1.165, 1.54) is 12.1 Å². The lowest BCUT2D eigenvalue weighted by Gasteiger charge is -2.12. The van der Waals surface area contributed by atoms with Crippen molar-refractivity contribution >= 4 is 54.7 Å². The molecule has 10 heteroatoms. The van der Waals surface area contributed by atoms with Crippen molar-refractivity contribution in [2.24, 2.45) is 5.14 Å². The Labute approximate surface area is 183 Å². The standard InChI is InChI=1S/C19H20BrN5O2S2/c1-12-18(20)13(2)25(24-12)11-14-4-3-5-16(10-14)23-19(28)22-15-6-8-17(9-7-15)29(21,26)27/h3-10H,11H2,1-2H3,(H2,21,26,27)(H2,22,23,28). The average molecular weight is 494 g/mol. The van der Waals surface area contributed by atoms with E-state index < -0.39 is 10.0 Å². The highest BCUT2D eigenvalue weighted by Crippen LogP contribution is 2.21. The summed E-state index contributed by atoms with van der Waals surface area (Å²) in [4.78, 5) is 0.0467. The monoisotopic (exact) mass is 493 g/mol. The minimum atomic E-state index is -3.72. The molecule has 29 heavy (non-hydrogen) atoms. The number of nitrogens with two attached hydrogens (primary N) is 1. The molecule has 0 saturated carbocycles. The van der Waals surface area contributed by atoms with Gasteiger partial charge in [0, 0.05) is 11.4 Å². The van der Waals surface area contributed by atoms with Gasteiger partial charge in [0.2, 0.25) is 10.0 Å². The molecule has 0 aliphatic rings. The number of aryl methyl sites for hydroxylation is 1. The molecule has 3 rings (SSSR count). The molecule has 0 aliphatic heterocycles. The molecule has 3 aromatic rings. The number of anilines is 2. The second-order valence-electron chi connectivity index (χ2n) is 6.49. The summed E-state index contributed by atoms with van der Waals surface area (Å²) >= 11 is 8.90. The van der Waals surface area contributed by atoms with Crippen molar-refractivity contribution < 1.29 is 8.42 Å². The third-order valence-corrected chi connectivity index (χ3v) is 6.53. The van der Waals surface area contributed by atoms with Gasteiger partial charge in [-0.3, -0.25) is 4.68 Å². The highest BCUT2D eigenvalue weighted by atomic mass is 79.9. The van der Waals surface area contributed by atoms with Crippen LogP contribution in [0.1, 0.15) is 17.0 Å². The lowest BCUT2D eigenvalue weighted by molar-refractivity contribution is 0.598. The van der Waals surface area contributed by atoms with Crippen LogP contribution in [0.15, 0.2) is 57.9 Å². The molecule has 0 unspecified atom stereocenters. The maximum atomic E-state index is 11.3. The van der Waals surface area contributed by atoms with Crippen LogP contribution in [-0.4, -0.2) is 23.3 Å². The van der Waals surface area contributed by atoms with E-state index in [9.17, 15) is 8.42 Å². The minimum Gasteiger partial charge on any atom is -0.332 e. The number of halogens is 1. The van der Waals surface area contributed by atoms with Crippen molar-refractivity contribution in [3.05, 3.63) is 70.0 Å². The number of sulfonamides is 1. The minimum absolute atomic E-state index is 0.0467. The van der Waals surface area contributed by atoms with Gasteiger partial charge < -0.3 is 10.6 Å². The second-order valence-corrected chi connectivity index (χ2v) is 9.25. The van der Waals surface area contributed by atoms with E-state index >= 15 is 0 Å². The average Bonchev–Trinajstić information content (AvgIpc) is 2.88.